The first kappa shape index (κ1) is 19.2. The van der Waals surface area contributed by atoms with Gasteiger partial charge >= 0.3 is 0 Å². The van der Waals surface area contributed by atoms with E-state index >= 15 is 0 Å². The maximum atomic E-state index is 12.8. The van der Waals surface area contributed by atoms with Crippen LogP contribution in [0.25, 0.3) is 0 Å². The smallest absolute Gasteiger partial charge is 0.258 e. The lowest BCUT2D eigenvalue weighted by atomic mass is 10.1. The molecule has 1 saturated heterocycles. The predicted molar refractivity (Wildman–Crippen MR) is 106 cm³/mol. The van der Waals surface area contributed by atoms with Crippen LogP contribution in [-0.4, -0.2) is 46.0 Å². The largest absolute Gasteiger partial charge is 0.507 e. The van der Waals surface area contributed by atoms with Crippen molar-refractivity contribution >= 4 is 11.8 Å². The molecule has 7 nitrogen and oxygen atoms in total. The number of pyridine rings is 1. The van der Waals surface area contributed by atoms with E-state index in [1.54, 1.807) is 24.4 Å². The zero-order valence-electron chi connectivity index (χ0n) is 16.2. The minimum Gasteiger partial charge on any atom is -0.507 e. The van der Waals surface area contributed by atoms with Crippen molar-refractivity contribution in [3.8, 4) is 11.6 Å². The Bertz CT molecular complexity index is 880. The summed E-state index contributed by atoms with van der Waals surface area (Å²) in [5, 5.41) is 12.8. The summed E-state index contributed by atoms with van der Waals surface area (Å²) in [5.41, 5.74) is 1.09. The second kappa shape index (κ2) is 8.51. The van der Waals surface area contributed by atoms with Gasteiger partial charge < -0.3 is 20.1 Å². The molecule has 0 unspecified atom stereocenters. The van der Waals surface area contributed by atoms with Crippen molar-refractivity contribution in [2.24, 2.45) is 5.92 Å². The van der Waals surface area contributed by atoms with E-state index in [0.717, 1.165) is 12.0 Å². The number of para-hydroxylation sites is 1. The monoisotopic (exact) mass is 395 g/mol. The molecule has 1 aromatic heterocycles. The number of amides is 2. The first-order valence-electron chi connectivity index (χ1n) is 10.1. The molecule has 7 heteroatoms. The molecule has 1 aromatic carbocycles. The molecule has 1 atom stereocenters. The van der Waals surface area contributed by atoms with Crippen LogP contribution in [0.2, 0.25) is 0 Å². The number of nitrogens with one attached hydrogen (secondary N) is 1. The van der Waals surface area contributed by atoms with Gasteiger partial charge in [0.15, 0.2) is 0 Å². The molecular formula is C22H25N3O4. The average molecular weight is 395 g/mol. The third-order valence-corrected chi connectivity index (χ3v) is 5.38. The van der Waals surface area contributed by atoms with Crippen LogP contribution in [0, 0.1) is 5.92 Å². The molecular weight excluding hydrogens is 370 g/mol. The zero-order chi connectivity index (χ0) is 20.2. The van der Waals surface area contributed by atoms with Gasteiger partial charge in [-0.25, -0.2) is 4.98 Å². The first-order valence-corrected chi connectivity index (χ1v) is 10.1. The number of aromatic hydroxyl groups is 1. The van der Waals surface area contributed by atoms with Crippen molar-refractivity contribution in [3.63, 3.8) is 0 Å². The lowest BCUT2D eigenvalue weighted by Gasteiger charge is -2.24. The Kier molecular flexibility index (Phi) is 5.64. The molecule has 0 bridgehead atoms. The van der Waals surface area contributed by atoms with Gasteiger partial charge in [-0.15, -0.1) is 0 Å². The van der Waals surface area contributed by atoms with Gasteiger partial charge in [0, 0.05) is 25.4 Å². The van der Waals surface area contributed by atoms with E-state index in [-0.39, 0.29) is 23.1 Å². The van der Waals surface area contributed by atoms with Gasteiger partial charge in [0.2, 0.25) is 11.8 Å². The van der Waals surface area contributed by atoms with Gasteiger partial charge in [0.25, 0.3) is 5.91 Å². The number of hydrogen-bond donors (Lipinski definition) is 2. The molecule has 1 saturated carbocycles. The van der Waals surface area contributed by atoms with Crippen molar-refractivity contribution in [2.45, 2.75) is 38.3 Å². The summed E-state index contributed by atoms with van der Waals surface area (Å²) < 4.78 is 5.62. The van der Waals surface area contributed by atoms with Crippen LogP contribution < -0.4 is 10.1 Å². The number of rotatable bonds is 7. The standard InChI is InChI=1S/C22H25N3O4/c26-19-6-2-1-4-17(19)22(28)25-11-3-5-18(25)21(27)24-13-16-9-10-20(23-12-16)29-14-15-7-8-15/h1-2,4,6,9-10,12,15,18,26H,3,5,7-8,11,13-14H2,(H,24,27)/t18-/m0/s1. The number of aromatic nitrogens is 1. The maximum Gasteiger partial charge on any atom is 0.258 e. The van der Waals surface area contributed by atoms with Gasteiger partial charge in [-0.2, -0.15) is 0 Å². The van der Waals surface area contributed by atoms with Crippen molar-refractivity contribution < 1.29 is 19.4 Å². The highest BCUT2D eigenvalue weighted by Gasteiger charge is 2.35. The van der Waals surface area contributed by atoms with E-state index in [9.17, 15) is 14.7 Å². The van der Waals surface area contributed by atoms with Crippen LogP contribution >= 0.6 is 0 Å². The molecule has 4 rings (SSSR count). The molecule has 2 heterocycles. The fraction of sp³-hybridized carbons (Fsp3) is 0.409. The number of benzene rings is 1. The van der Waals surface area contributed by atoms with E-state index in [1.807, 2.05) is 12.1 Å². The topological polar surface area (TPSA) is 91.8 Å². The Morgan fingerprint density at radius 2 is 2.00 bits per heavy atom. The van der Waals surface area contributed by atoms with Gasteiger partial charge in [-0.05, 0) is 49.3 Å². The molecule has 2 N–H and O–H groups in total. The Balaban J connectivity index is 1.32. The quantitative estimate of drug-likeness (QED) is 0.752. The highest BCUT2D eigenvalue weighted by Crippen LogP contribution is 2.29. The lowest BCUT2D eigenvalue weighted by Crippen LogP contribution is -2.45. The summed E-state index contributed by atoms with van der Waals surface area (Å²) >= 11 is 0. The van der Waals surface area contributed by atoms with E-state index in [2.05, 4.69) is 10.3 Å². The van der Waals surface area contributed by atoms with Crippen LogP contribution in [-0.2, 0) is 11.3 Å². The maximum absolute atomic E-state index is 12.8. The van der Waals surface area contributed by atoms with Crippen LogP contribution in [0.5, 0.6) is 11.6 Å². The van der Waals surface area contributed by atoms with E-state index < -0.39 is 6.04 Å². The molecule has 0 radical (unpaired) electrons. The molecule has 2 amide bonds. The number of nitrogens with zero attached hydrogens (tertiary/aromatic N) is 2. The number of likely N-dealkylation sites (tertiary alicyclic amines) is 1. The van der Waals surface area contributed by atoms with E-state index in [0.29, 0.717) is 37.9 Å². The van der Waals surface area contributed by atoms with Crippen LogP contribution in [0.3, 0.4) is 0 Å². The SMILES string of the molecule is O=C(NCc1ccc(OCC2CC2)nc1)[C@@H]1CCCN1C(=O)c1ccccc1O. The number of carbonyl (C=O) groups is 2. The van der Waals surface area contributed by atoms with E-state index in [4.69, 9.17) is 4.74 Å². The molecule has 1 aliphatic carbocycles. The first-order chi connectivity index (χ1) is 14.1. The number of phenols is 1. The number of ether oxygens (including phenoxy) is 1. The van der Waals surface area contributed by atoms with Gasteiger partial charge in [-0.1, -0.05) is 18.2 Å². The van der Waals surface area contributed by atoms with Crippen molar-refractivity contribution in [1.29, 1.82) is 0 Å². The van der Waals surface area contributed by atoms with Crippen LogP contribution in [0.15, 0.2) is 42.6 Å². The molecule has 0 spiro atoms. The second-order valence-electron chi connectivity index (χ2n) is 7.65. The third kappa shape index (κ3) is 4.67. The molecule has 2 fully saturated rings. The number of carbonyl (C=O) groups excluding carboxylic acids is 2. The normalized spacial score (nSPS) is 18.5. The highest BCUT2D eigenvalue weighted by atomic mass is 16.5. The Labute approximate surface area is 169 Å². The minimum absolute atomic E-state index is 0.0707. The summed E-state index contributed by atoms with van der Waals surface area (Å²) in [6.07, 6.45) is 5.52. The van der Waals surface area contributed by atoms with Gasteiger partial charge in [0.1, 0.15) is 11.8 Å². The van der Waals surface area contributed by atoms with Crippen molar-refractivity contribution in [2.75, 3.05) is 13.2 Å². The highest BCUT2D eigenvalue weighted by molar-refractivity contribution is 5.99. The van der Waals surface area contributed by atoms with Crippen molar-refractivity contribution in [1.82, 2.24) is 15.2 Å². The molecule has 29 heavy (non-hydrogen) atoms. The summed E-state index contributed by atoms with van der Waals surface area (Å²) in [7, 11) is 0. The summed E-state index contributed by atoms with van der Waals surface area (Å²) in [4.78, 5) is 31.3. The molecule has 152 valence electrons. The molecule has 2 aromatic rings. The van der Waals surface area contributed by atoms with Crippen molar-refractivity contribution in [3.05, 3.63) is 53.7 Å². The molecule has 2 aliphatic rings. The van der Waals surface area contributed by atoms with Gasteiger partial charge in [-0.3, -0.25) is 9.59 Å². The predicted octanol–water partition coefficient (Wildman–Crippen LogP) is 2.50. The Morgan fingerprint density at radius 1 is 1.17 bits per heavy atom. The van der Waals surface area contributed by atoms with Gasteiger partial charge in [0.05, 0.1) is 12.2 Å². The fourth-order valence-corrected chi connectivity index (χ4v) is 3.49. The minimum atomic E-state index is -0.531. The lowest BCUT2D eigenvalue weighted by molar-refractivity contribution is -0.125. The van der Waals surface area contributed by atoms with Crippen LogP contribution in [0.1, 0.15) is 41.6 Å². The fourth-order valence-electron chi connectivity index (χ4n) is 3.49. The Hall–Kier alpha value is -3.09. The molecule has 1 aliphatic heterocycles. The number of phenolic OH excluding ortho intramolecular Hbond substituents is 1. The zero-order valence-corrected chi connectivity index (χ0v) is 16.2. The van der Waals surface area contributed by atoms with E-state index in [1.165, 1.54) is 23.8 Å². The summed E-state index contributed by atoms with van der Waals surface area (Å²) in [5.74, 6) is 0.686. The second-order valence-corrected chi connectivity index (χ2v) is 7.65. The number of hydrogen-bond acceptors (Lipinski definition) is 5. The summed E-state index contributed by atoms with van der Waals surface area (Å²) in [6, 6.07) is 9.57. The third-order valence-electron chi connectivity index (χ3n) is 5.38. The average Bonchev–Trinajstić information content (AvgIpc) is 3.44. The summed E-state index contributed by atoms with van der Waals surface area (Å²) in [6.45, 7) is 1.55. The van der Waals surface area contributed by atoms with Crippen LogP contribution in [0.4, 0.5) is 0 Å². The Morgan fingerprint density at radius 3 is 2.72 bits per heavy atom.